The molecule has 8 heteroatoms. The van der Waals surface area contributed by atoms with Crippen LogP contribution < -0.4 is 4.90 Å². The molecule has 5 rings (SSSR count). The quantitative estimate of drug-likeness (QED) is 0.633. The smallest absolute Gasteiger partial charge is 0.222 e. The summed E-state index contributed by atoms with van der Waals surface area (Å²) >= 11 is 3.54. The van der Waals surface area contributed by atoms with Crippen LogP contribution in [0.4, 0.5) is 11.5 Å². The number of benzene rings is 1. The number of fused-ring (bicyclic) bond motifs is 2. The lowest BCUT2D eigenvalue weighted by atomic mass is 9.98. The Bertz CT molecular complexity index is 1080. The predicted octanol–water partition coefficient (Wildman–Crippen LogP) is 4.25. The number of aromatic nitrogens is 2. The number of ether oxygens (including phenoxy) is 1. The number of halogens is 1. The molecule has 168 valence electrons. The van der Waals surface area contributed by atoms with Gasteiger partial charge in [-0.05, 0) is 59.3 Å². The van der Waals surface area contributed by atoms with E-state index in [1.54, 1.807) is 0 Å². The molecule has 0 aliphatic carbocycles. The highest BCUT2D eigenvalue weighted by Crippen LogP contribution is 2.41. The molecule has 1 aromatic carbocycles. The highest BCUT2D eigenvalue weighted by molar-refractivity contribution is 9.10. The average Bonchev–Trinajstić information content (AvgIpc) is 3.22. The zero-order chi connectivity index (χ0) is 22.2. The second-order valence-corrected chi connectivity index (χ2v) is 9.64. The Hall–Kier alpha value is -2.37. The molecule has 1 amide bonds. The number of aryl methyl sites for hydroxylation is 1. The lowest BCUT2D eigenvalue weighted by molar-refractivity contribution is -0.131. The maximum absolute atomic E-state index is 12.5. The number of nitrogens with zero attached hydrogens (tertiary/aromatic N) is 5. The summed E-state index contributed by atoms with van der Waals surface area (Å²) in [7, 11) is 0. The van der Waals surface area contributed by atoms with Crippen molar-refractivity contribution in [2.45, 2.75) is 58.0 Å². The highest BCUT2D eigenvalue weighted by atomic mass is 79.9. The van der Waals surface area contributed by atoms with Gasteiger partial charge in [0.2, 0.25) is 5.91 Å². The summed E-state index contributed by atoms with van der Waals surface area (Å²) < 4.78 is 8.67. The fourth-order valence-corrected chi connectivity index (χ4v) is 5.70. The average molecular weight is 498 g/mol. The lowest BCUT2D eigenvalue weighted by Crippen LogP contribution is -2.37. The normalized spacial score (nSPS) is 18.8. The van der Waals surface area contributed by atoms with Crippen molar-refractivity contribution >= 4 is 33.3 Å². The van der Waals surface area contributed by atoms with Crippen molar-refractivity contribution in [1.29, 1.82) is 5.26 Å². The first-order chi connectivity index (χ1) is 15.6. The molecule has 0 spiro atoms. The molecule has 0 unspecified atom stereocenters. The first kappa shape index (κ1) is 21.5. The molecule has 2 aromatic rings. The van der Waals surface area contributed by atoms with Gasteiger partial charge >= 0.3 is 0 Å². The molecule has 0 bridgehead atoms. The summed E-state index contributed by atoms with van der Waals surface area (Å²) in [6.45, 7) is 5.66. The minimum Gasteiger partial charge on any atom is -0.381 e. The van der Waals surface area contributed by atoms with E-state index in [0.717, 1.165) is 74.4 Å². The van der Waals surface area contributed by atoms with Crippen LogP contribution >= 0.6 is 15.9 Å². The van der Waals surface area contributed by atoms with Gasteiger partial charge in [0.15, 0.2) is 5.82 Å². The summed E-state index contributed by atoms with van der Waals surface area (Å²) in [5.41, 5.74) is 5.36. The third-order valence-corrected chi connectivity index (χ3v) is 7.58. The molecule has 4 heterocycles. The minimum atomic E-state index is 0.190. The molecule has 0 radical (unpaired) electrons. The number of hydrogen-bond donors (Lipinski definition) is 0. The third kappa shape index (κ3) is 3.71. The van der Waals surface area contributed by atoms with E-state index in [9.17, 15) is 10.1 Å². The standard InChI is InChI=1S/C24H28BrN5O2/c1-2-23(31)28-9-5-21-19(15-28)24(27-30(21)18-6-10-32-11-7-18)29-8-3-4-16-12-20(25)17(14-26)13-22(16)29/h12-13,18H,2-11,15H2,1H3. The first-order valence-electron chi connectivity index (χ1n) is 11.6. The third-order valence-electron chi connectivity index (χ3n) is 6.92. The monoisotopic (exact) mass is 497 g/mol. The van der Waals surface area contributed by atoms with Crippen LogP contribution in [-0.4, -0.2) is 46.9 Å². The van der Waals surface area contributed by atoms with Gasteiger partial charge in [0.05, 0.1) is 18.2 Å². The fourth-order valence-electron chi connectivity index (χ4n) is 5.22. The van der Waals surface area contributed by atoms with Crippen molar-refractivity contribution in [2.75, 3.05) is 31.2 Å². The highest BCUT2D eigenvalue weighted by Gasteiger charge is 2.33. The molecule has 3 aliphatic rings. The van der Waals surface area contributed by atoms with Crippen LogP contribution in [0.3, 0.4) is 0 Å². The number of amides is 1. The largest absolute Gasteiger partial charge is 0.381 e. The van der Waals surface area contributed by atoms with Gasteiger partial charge in [0, 0.05) is 60.6 Å². The van der Waals surface area contributed by atoms with E-state index in [1.165, 1.54) is 16.8 Å². The molecule has 3 aliphatic heterocycles. The van der Waals surface area contributed by atoms with Crippen LogP contribution in [0.25, 0.3) is 0 Å². The van der Waals surface area contributed by atoms with Gasteiger partial charge in [-0.25, -0.2) is 0 Å². The van der Waals surface area contributed by atoms with E-state index in [4.69, 9.17) is 9.84 Å². The van der Waals surface area contributed by atoms with Crippen LogP contribution in [-0.2, 0) is 28.9 Å². The fraction of sp³-hybridized carbons (Fsp3) is 0.542. The van der Waals surface area contributed by atoms with Crippen LogP contribution in [0.2, 0.25) is 0 Å². The van der Waals surface area contributed by atoms with Crippen LogP contribution in [0.5, 0.6) is 0 Å². The van der Waals surface area contributed by atoms with Crippen molar-refractivity contribution in [3.05, 3.63) is 39.0 Å². The van der Waals surface area contributed by atoms with E-state index in [2.05, 4.69) is 37.6 Å². The summed E-state index contributed by atoms with van der Waals surface area (Å²) in [4.78, 5) is 16.8. The topological polar surface area (TPSA) is 74.4 Å². The number of carbonyl (C=O) groups excluding carboxylic acids is 1. The van der Waals surface area contributed by atoms with Crippen molar-refractivity contribution in [1.82, 2.24) is 14.7 Å². The Balaban J connectivity index is 1.61. The Morgan fingerprint density at radius 1 is 1.28 bits per heavy atom. The number of nitriles is 1. The molecular formula is C24H28BrN5O2. The summed E-state index contributed by atoms with van der Waals surface area (Å²) in [6.07, 6.45) is 5.29. The van der Waals surface area contributed by atoms with E-state index in [0.29, 0.717) is 24.6 Å². The van der Waals surface area contributed by atoms with Crippen LogP contribution in [0.15, 0.2) is 16.6 Å². The van der Waals surface area contributed by atoms with Crippen LogP contribution in [0.1, 0.15) is 61.0 Å². The zero-order valence-corrected chi connectivity index (χ0v) is 20.0. The maximum Gasteiger partial charge on any atom is 0.222 e. The van der Waals surface area contributed by atoms with Crippen LogP contribution in [0, 0.1) is 11.3 Å². The van der Waals surface area contributed by atoms with E-state index < -0.39 is 0 Å². The number of anilines is 2. The van der Waals surface area contributed by atoms with E-state index in [-0.39, 0.29) is 5.91 Å². The van der Waals surface area contributed by atoms with E-state index >= 15 is 0 Å². The molecule has 0 saturated carbocycles. The Morgan fingerprint density at radius 3 is 2.84 bits per heavy atom. The molecule has 1 fully saturated rings. The Morgan fingerprint density at radius 2 is 2.09 bits per heavy atom. The number of rotatable bonds is 3. The van der Waals surface area contributed by atoms with Gasteiger partial charge in [-0.3, -0.25) is 9.48 Å². The van der Waals surface area contributed by atoms with Gasteiger partial charge in [0.1, 0.15) is 6.07 Å². The SMILES string of the molecule is CCC(=O)N1CCc2c(c(N3CCCc4cc(Br)c(C#N)cc43)nn2C2CCOCC2)C1. The molecule has 0 N–H and O–H groups in total. The molecule has 1 saturated heterocycles. The number of carbonyl (C=O) groups is 1. The first-order valence-corrected chi connectivity index (χ1v) is 12.4. The van der Waals surface area contributed by atoms with Gasteiger partial charge in [-0.2, -0.15) is 10.4 Å². The Labute approximate surface area is 197 Å². The second kappa shape index (κ2) is 8.87. The van der Waals surface area contributed by atoms with Crippen molar-refractivity contribution in [3.8, 4) is 6.07 Å². The minimum absolute atomic E-state index is 0.190. The van der Waals surface area contributed by atoms with E-state index in [1.807, 2.05) is 17.9 Å². The van der Waals surface area contributed by atoms with Gasteiger partial charge in [-0.15, -0.1) is 0 Å². The predicted molar refractivity (Wildman–Crippen MR) is 125 cm³/mol. The second-order valence-electron chi connectivity index (χ2n) is 8.78. The molecule has 7 nitrogen and oxygen atoms in total. The number of hydrogen-bond acceptors (Lipinski definition) is 5. The summed E-state index contributed by atoms with van der Waals surface area (Å²) in [6, 6.07) is 6.70. The van der Waals surface area contributed by atoms with Crippen molar-refractivity contribution in [2.24, 2.45) is 0 Å². The van der Waals surface area contributed by atoms with Crippen molar-refractivity contribution < 1.29 is 9.53 Å². The molecular weight excluding hydrogens is 470 g/mol. The zero-order valence-electron chi connectivity index (χ0n) is 18.4. The van der Waals surface area contributed by atoms with Crippen molar-refractivity contribution in [3.63, 3.8) is 0 Å². The van der Waals surface area contributed by atoms with Gasteiger partial charge in [-0.1, -0.05) is 6.92 Å². The lowest BCUT2D eigenvalue weighted by Gasteiger charge is -2.33. The summed E-state index contributed by atoms with van der Waals surface area (Å²) in [5, 5.41) is 14.8. The maximum atomic E-state index is 12.5. The molecule has 32 heavy (non-hydrogen) atoms. The van der Waals surface area contributed by atoms with Gasteiger partial charge < -0.3 is 14.5 Å². The van der Waals surface area contributed by atoms with Gasteiger partial charge in [0.25, 0.3) is 0 Å². The summed E-state index contributed by atoms with van der Waals surface area (Å²) in [5.74, 6) is 1.14. The molecule has 0 atom stereocenters. The molecule has 1 aromatic heterocycles. The Kier molecular flexibility index (Phi) is 5.95.